The molecule has 0 atom stereocenters. The van der Waals surface area contributed by atoms with Crippen LogP contribution in [-0.4, -0.2) is 21.5 Å². The first-order valence-corrected chi connectivity index (χ1v) is 4.53. The molecule has 1 aromatic carbocycles. The van der Waals surface area contributed by atoms with Crippen LogP contribution in [0.3, 0.4) is 0 Å². The summed E-state index contributed by atoms with van der Waals surface area (Å²) in [6, 6.07) is 3.00. The zero-order chi connectivity index (χ0) is 11.4. The van der Waals surface area contributed by atoms with E-state index in [0.717, 1.165) is 0 Å². The molecule has 80 valence electrons. The van der Waals surface area contributed by atoms with Crippen LogP contribution in [0, 0.1) is 6.92 Å². The third-order valence-electron chi connectivity index (χ3n) is 1.81. The number of benzene rings is 1. The van der Waals surface area contributed by atoms with Crippen molar-refractivity contribution in [1.82, 2.24) is 5.43 Å². The Morgan fingerprint density at radius 3 is 2.80 bits per heavy atom. The minimum atomic E-state index is -0.0245. The number of nitrogens with zero attached hydrogens (tertiary/aromatic N) is 1. The molecule has 5 N–H and O–H groups in total. The van der Waals surface area contributed by atoms with Crippen molar-refractivity contribution in [1.29, 1.82) is 0 Å². The lowest BCUT2D eigenvalue weighted by Crippen LogP contribution is -2.23. The van der Waals surface area contributed by atoms with E-state index in [1.54, 1.807) is 6.92 Å². The summed E-state index contributed by atoms with van der Waals surface area (Å²) in [5.41, 5.74) is 8.38. The minimum Gasteiger partial charge on any atom is -0.508 e. The predicted molar refractivity (Wildman–Crippen MR) is 62.0 cm³/mol. The van der Waals surface area contributed by atoms with Crippen molar-refractivity contribution in [3.63, 3.8) is 0 Å². The van der Waals surface area contributed by atoms with Crippen LogP contribution >= 0.6 is 12.2 Å². The SMILES string of the molecule is Cc1c(O)ccc(/C=N/NC(N)=S)c1O. The minimum absolute atomic E-state index is 0.0245. The van der Waals surface area contributed by atoms with Crippen molar-refractivity contribution in [2.75, 3.05) is 0 Å². The molecule has 0 radical (unpaired) electrons. The number of hydrazone groups is 1. The van der Waals surface area contributed by atoms with E-state index in [4.69, 9.17) is 5.73 Å². The summed E-state index contributed by atoms with van der Waals surface area (Å²) >= 11 is 4.54. The molecule has 1 aromatic rings. The Morgan fingerprint density at radius 1 is 1.53 bits per heavy atom. The Bertz CT molecular complexity index is 418. The molecule has 0 aromatic heterocycles. The summed E-state index contributed by atoms with van der Waals surface area (Å²) in [5, 5.41) is 22.6. The van der Waals surface area contributed by atoms with Crippen molar-refractivity contribution in [2.24, 2.45) is 10.8 Å². The fourth-order valence-electron chi connectivity index (χ4n) is 0.980. The van der Waals surface area contributed by atoms with Crippen LogP contribution in [0.1, 0.15) is 11.1 Å². The Hall–Kier alpha value is -1.82. The zero-order valence-corrected chi connectivity index (χ0v) is 8.88. The van der Waals surface area contributed by atoms with Crippen molar-refractivity contribution in [3.05, 3.63) is 23.3 Å². The Kier molecular flexibility index (Phi) is 3.46. The number of nitrogens with one attached hydrogen (secondary N) is 1. The summed E-state index contributed by atoms with van der Waals surface area (Å²) in [5.74, 6) is 0.00967. The highest BCUT2D eigenvalue weighted by atomic mass is 32.1. The lowest BCUT2D eigenvalue weighted by atomic mass is 10.1. The molecule has 1 rings (SSSR count). The molecule has 15 heavy (non-hydrogen) atoms. The Morgan fingerprint density at radius 2 is 2.20 bits per heavy atom. The number of thiocarbonyl (C=S) groups is 1. The van der Waals surface area contributed by atoms with Gasteiger partial charge < -0.3 is 15.9 Å². The molecule has 6 heteroatoms. The van der Waals surface area contributed by atoms with Gasteiger partial charge >= 0.3 is 0 Å². The highest BCUT2D eigenvalue weighted by Gasteiger charge is 2.05. The molecule has 0 heterocycles. The van der Waals surface area contributed by atoms with Crippen molar-refractivity contribution < 1.29 is 10.2 Å². The monoisotopic (exact) mass is 225 g/mol. The van der Waals surface area contributed by atoms with Gasteiger partial charge in [0.15, 0.2) is 5.11 Å². The largest absolute Gasteiger partial charge is 0.508 e. The fourth-order valence-corrected chi connectivity index (χ4v) is 1.03. The van der Waals surface area contributed by atoms with Gasteiger partial charge in [0.25, 0.3) is 0 Å². The summed E-state index contributed by atoms with van der Waals surface area (Å²) in [6.07, 6.45) is 1.36. The van der Waals surface area contributed by atoms with E-state index in [-0.39, 0.29) is 16.6 Å². The van der Waals surface area contributed by atoms with Crippen LogP contribution in [0.4, 0.5) is 0 Å². The van der Waals surface area contributed by atoms with Crippen LogP contribution in [0.2, 0.25) is 0 Å². The van der Waals surface area contributed by atoms with E-state index >= 15 is 0 Å². The van der Waals surface area contributed by atoms with E-state index in [9.17, 15) is 10.2 Å². The van der Waals surface area contributed by atoms with Crippen LogP contribution in [0.15, 0.2) is 17.2 Å². The standard InChI is InChI=1S/C9H11N3O2S/c1-5-7(13)3-2-6(8(5)14)4-11-12-9(10)15/h2-4,13-14H,1H3,(H3,10,12,15)/b11-4+. The summed E-state index contributed by atoms with van der Waals surface area (Å²) in [4.78, 5) is 0. The maximum atomic E-state index is 9.60. The van der Waals surface area contributed by atoms with Gasteiger partial charge in [0, 0.05) is 11.1 Å². The lowest BCUT2D eigenvalue weighted by Gasteiger charge is -2.04. The molecule has 0 unspecified atom stereocenters. The first kappa shape index (κ1) is 11.3. The summed E-state index contributed by atoms with van der Waals surface area (Å²) < 4.78 is 0. The number of nitrogens with two attached hydrogens (primary N) is 1. The maximum absolute atomic E-state index is 9.60. The van der Waals surface area contributed by atoms with Gasteiger partial charge in [-0.15, -0.1) is 0 Å². The number of rotatable bonds is 2. The van der Waals surface area contributed by atoms with Gasteiger partial charge in [0.05, 0.1) is 6.21 Å². The first-order valence-electron chi connectivity index (χ1n) is 4.12. The fraction of sp³-hybridized carbons (Fsp3) is 0.111. The van der Waals surface area contributed by atoms with Gasteiger partial charge in [-0.25, -0.2) is 0 Å². The third kappa shape index (κ3) is 2.81. The number of hydrogen-bond acceptors (Lipinski definition) is 4. The van der Waals surface area contributed by atoms with E-state index in [2.05, 4.69) is 22.7 Å². The second kappa shape index (κ2) is 4.61. The zero-order valence-electron chi connectivity index (χ0n) is 8.06. The van der Waals surface area contributed by atoms with Crippen LogP contribution in [-0.2, 0) is 0 Å². The van der Waals surface area contributed by atoms with Gasteiger partial charge in [0.1, 0.15) is 11.5 Å². The molecule has 0 aliphatic rings. The molecule has 0 fully saturated rings. The van der Waals surface area contributed by atoms with Crippen LogP contribution in [0.25, 0.3) is 0 Å². The number of hydrogen-bond donors (Lipinski definition) is 4. The summed E-state index contributed by atoms with van der Waals surface area (Å²) in [7, 11) is 0. The maximum Gasteiger partial charge on any atom is 0.184 e. The molecule has 0 saturated heterocycles. The molecule has 0 aliphatic carbocycles. The smallest absolute Gasteiger partial charge is 0.184 e. The number of phenols is 2. The average Bonchev–Trinajstić information content (AvgIpc) is 2.18. The quantitative estimate of drug-likeness (QED) is 0.335. The Labute approximate surface area is 92.2 Å². The molecule has 0 saturated carbocycles. The second-order valence-electron chi connectivity index (χ2n) is 2.88. The van der Waals surface area contributed by atoms with Crippen molar-refractivity contribution in [3.8, 4) is 11.5 Å². The second-order valence-corrected chi connectivity index (χ2v) is 3.32. The highest BCUT2D eigenvalue weighted by Crippen LogP contribution is 2.28. The predicted octanol–water partition coefficient (Wildman–Crippen LogP) is 0.573. The average molecular weight is 225 g/mol. The van der Waals surface area contributed by atoms with E-state index in [0.29, 0.717) is 11.1 Å². The lowest BCUT2D eigenvalue weighted by molar-refractivity contribution is 0.442. The molecular weight excluding hydrogens is 214 g/mol. The van der Waals surface area contributed by atoms with Gasteiger partial charge in [-0.1, -0.05) is 0 Å². The molecule has 0 aliphatic heterocycles. The molecular formula is C9H11N3O2S. The van der Waals surface area contributed by atoms with E-state index in [1.807, 2.05) is 0 Å². The van der Waals surface area contributed by atoms with Crippen molar-refractivity contribution in [2.45, 2.75) is 6.92 Å². The number of aromatic hydroxyl groups is 2. The number of phenolic OH excluding ortho intramolecular Hbond substituents is 2. The molecule has 0 bridgehead atoms. The van der Waals surface area contributed by atoms with Crippen molar-refractivity contribution >= 4 is 23.5 Å². The highest BCUT2D eigenvalue weighted by molar-refractivity contribution is 7.80. The van der Waals surface area contributed by atoms with Crippen LogP contribution < -0.4 is 11.2 Å². The normalized spacial score (nSPS) is 10.5. The van der Waals surface area contributed by atoms with Gasteiger partial charge in [-0.05, 0) is 31.3 Å². The van der Waals surface area contributed by atoms with E-state index in [1.165, 1.54) is 18.3 Å². The van der Waals surface area contributed by atoms with Gasteiger partial charge in [-0.2, -0.15) is 5.10 Å². The topological polar surface area (TPSA) is 90.9 Å². The van der Waals surface area contributed by atoms with E-state index < -0.39 is 0 Å². The van der Waals surface area contributed by atoms with Crippen LogP contribution in [0.5, 0.6) is 11.5 Å². The Balaban J connectivity index is 2.92. The first-order chi connectivity index (χ1) is 7.02. The molecule has 0 amide bonds. The molecule has 5 nitrogen and oxygen atoms in total. The molecule has 0 spiro atoms. The van der Waals surface area contributed by atoms with Gasteiger partial charge in [-0.3, -0.25) is 5.43 Å². The summed E-state index contributed by atoms with van der Waals surface area (Å²) in [6.45, 7) is 1.60. The van der Waals surface area contributed by atoms with Gasteiger partial charge in [0.2, 0.25) is 0 Å². The third-order valence-corrected chi connectivity index (χ3v) is 1.90.